The van der Waals surface area contributed by atoms with E-state index in [9.17, 15) is 4.79 Å². The zero-order valence-corrected chi connectivity index (χ0v) is 17.4. The first-order chi connectivity index (χ1) is 11.1. The van der Waals surface area contributed by atoms with Gasteiger partial charge in [0.05, 0.1) is 0 Å². The van der Waals surface area contributed by atoms with Gasteiger partial charge in [0.1, 0.15) is 6.54 Å². The predicted molar refractivity (Wildman–Crippen MR) is 110 cm³/mol. The Morgan fingerprint density at radius 3 is 2.71 bits per heavy atom. The fourth-order valence-corrected chi connectivity index (χ4v) is 1.88. The number of nitrogens with one attached hydrogen (secondary N) is 2. The van der Waals surface area contributed by atoms with E-state index < -0.39 is 0 Å². The van der Waals surface area contributed by atoms with E-state index in [-0.39, 0.29) is 36.4 Å². The van der Waals surface area contributed by atoms with E-state index in [1.807, 2.05) is 25.1 Å². The topological polar surface area (TPSA) is 69.6 Å². The van der Waals surface area contributed by atoms with Gasteiger partial charge >= 0.3 is 0 Å². The van der Waals surface area contributed by atoms with Gasteiger partial charge in [-0.25, -0.2) is 4.99 Å². The molecule has 1 rings (SSSR count). The number of amides is 1. The van der Waals surface area contributed by atoms with E-state index in [0.717, 1.165) is 25.1 Å². The summed E-state index contributed by atoms with van der Waals surface area (Å²) in [4.78, 5) is 22.5. The Bertz CT molecular complexity index is 495. The van der Waals surface area contributed by atoms with Crippen molar-refractivity contribution in [1.29, 1.82) is 0 Å². The first-order valence-corrected chi connectivity index (χ1v) is 8.25. The lowest BCUT2D eigenvalue weighted by Gasteiger charge is -2.18. The molecule has 0 bridgehead atoms. The molecule has 136 valence electrons. The lowest BCUT2D eigenvalue weighted by atomic mass is 10.2. The van der Waals surface area contributed by atoms with Crippen molar-refractivity contribution in [1.82, 2.24) is 20.5 Å². The first kappa shape index (κ1) is 22.6. The molecular formula is C17H30IN5O. The van der Waals surface area contributed by atoms with E-state index in [1.54, 1.807) is 18.1 Å². The van der Waals surface area contributed by atoms with Crippen LogP contribution in [-0.2, 0) is 11.2 Å². The van der Waals surface area contributed by atoms with Gasteiger partial charge in [-0.1, -0.05) is 13.0 Å². The summed E-state index contributed by atoms with van der Waals surface area (Å²) in [6, 6.07) is 6.14. The van der Waals surface area contributed by atoms with Crippen LogP contribution in [0.3, 0.4) is 0 Å². The van der Waals surface area contributed by atoms with E-state index in [1.165, 1.54) is 0 Å². The molecule has 24 heavy (non-hydrogen) atoms. The Hall–Kier alpha value is -1.38. The van der Waals surface area contributed by atoms with Crippen LogP contribution < -0.4 is 10.6 Å². The molecule has 1 aromatic heterocycles. The van der Waals surface area contributed by atoms with Gasteiger partial charge in [0, 0.05) is 44.5 Å². The minimum absolute atomic E-state index is 0. The second kappa shape index (κ2) is 13.0. The number of carbonyl (C=O) groups is 1. The molecule has 1 amide bonds. The number of guanidine groups is 1. The number of nitrogens with zero attached hydrogens (tertiary/aromatic N) is 3. The third kappa shape index (κ3) is 9.05. The van der Waals surface area contributed by atoms with E-state index in [4.69, 9.17) is 0 Å². The summed E-state index contributed by atoms with van der Waals surface area (Å²) >= 11 is 0. The summed E-state index contributed by atoms with van der Waals surface area (Å²) in [5.74, 6) is 0.690. The maximum absolute atomic E-state index is 12.2. The zero-order valence-electron chi connectivity index (χ0n) is 15.1. The van der Waals surface area contributed by atoms with Crippen LogP contribution in [0.25, 0.3) is 0 Å². The number of pyridine rings is 1. The largest absolute Gasteiger partial charge is 0.357 e. The summed E-state index contributed by atoms with van der Waals surface area (Å²) in [6.07, 6.45) is 3.52. The molecule has 1 atom stereocenters. The fraction of sp³-hybridized carbons (Fsp3) is 0.588. The van der Waals surface area contributed by atoms with E-state index in [2.05, 4.69) is 34.5 Å². The van der Waals surface area contributed by atoms with Crippen molar-refractivity contribution in [3.8, 4) is 0 Å². The molecule has 2 N–H and O–H groups in total. The average Bonchev–Trinajstić information content (AvgIpc) is 2.58. The first-order valence-electron chi connectivity index (χ1n) is 8.25. The highest BCUT2D eigenvalue weighted by Crippen LogP contribution is 1.97. The summed E-state index contributed by atoms with van der Waals surface area (Å²) in [7, 11) is 1.80. The van der Waals surface area contributed by atoms with Crippen LogP contribution in [0.2, 0.25) is 0 Å². The molecule has 0 aliphatic carbocycles. The molecule has 0 saturated carbocycles. The molecule has 0 saturated heterocycles. The van der Waals surface area contributed by atoms with Gasteiger partial charge in [0.2, 0.25) is 5.91 Å². The van der Waals surface area contributed by atoms with Crippen molar-refractivity contribution in [2.75, 3.05) is 26.7 Å². The van der Waals surface area contributed by atoms with Crippen LogP contribution >= 0.6 is 24.0 Å². The van der Waals surface area contributed by atoms with Crippen LogP contribution in [0.5, 0.6) is 0 Å². The van der Waals surface area contributed by atoms with Crippen molar-refractivity contribution >= 4 is 35.8 Å². The smallest absolute Gasteiger partial charge is 0.244 e. The minimum atomic E-state index is 0. The molecule has 1 aromatic rings. The zero-order chi connectivity index (χ0) is 17.1. The molecule has 1 heterocycles. The molecule has 0 aromatic carbocycles. The average molecular weight is 447 g/mol. The van der Waals surface area contributed by atoms with Gasteiger partial charge in [0.15, 0.2) is 5.96 Å². The van der Waals surface area contributed by atoms with Crippen molar-refractivity contribution in [3.05, 3.63) is 30.1 Å². The van der Waals surface area contributed by atoms with Gasteiger partial charge < -0.3 is 15.5 Å². The van der Waals surface area contributed by atoms with Crippen molar-refractivity contribution in [3.63, 3.8) is 0 Å². The number of aromatic nitrogens is 1. The molecular weight excluding hydrogens is 417 g/mol. The molecule has 0 fully saturated rings. The Balaban J connectivity index is 0.00000529. The monoisotopic (exact) mass is 447 g/mol. The second-order valence-corrected chi connectivity index (χ2v) is 5.54. The maximum atomic E-state index is 12.2. The van der Waals surface area contributed by atoms with Crippen molar-refractivity contribution in [2.45, 2.75) is 39.7 Å². The van der Waals surface area contributed by atoms with E-state index in [0.29, 0.717) is 18.5 Å². The Morgan fingerprint density at radius 1 is 1.38 bits per heavy atom. The van der Waals surface area contributed by atoms with Gasteiger partial charge in [-0.2, -0.15) is 0 Å². The van der Waals surface area contributed by atoms with Crippen LogP contribution in [0.15, 0.2) is 29.4 Å². The van der Waals surface area contributed by atoms with Crippen molar-refractivity contribution in [2.24, 2.45) is 4.99 Å². The SMILES string of the molecule is CCNC(=NCC(=O)N(C)CCc1ccccn1)NC(C)CC.I. The molecule has 6 nitrogen and oxygen atoms in total. The van der Waals surface area contributed by atoms with Crippen LogP contribution in [0.1, 0.15) is 32.9 Å². The summed E-state index contributed by atoms with van der Waals surface area (Å²) < 4.78 is 0. The van der Waals surface area contributed by atoms with Gasteiger partial charge in [0.25, 0.3) is 0 Å². The number of hydrogen-bond acceptors (Lipinski definition) is 3. The lowest BCUT2D eigenvalue weighted by Crippen LogP contribution is -2.42. The molecule has 0 aliphatic heterocycles. The summed E-state index contributed by atoms with van der Waals surface area (Å²) in [6.45, 7) is 7.76. The molecule has 7 heteroatoms. The molecule has 0 spiro atoms. The number of halogens is 1. The number of hydrogen-bond donors (Lipinski definition) is 2. The number of carbonyl (C=O) groups excluding carboxylic acids is 1. The molecule has 1 unspecified atom stereocenters. The van der Waals surface area contributed by atoms with Crippen LogP contribution in [-0.4, -0.2) is 54.5 Å². The Labute approximate surface area is 162 Å². The third-order valence-electron chi connectivity index (χ3n) is 3.57. The highest BCUT2D eigenvalue weighted by molar-refractivity contribution is 14.0. The molecule has 0 radical (unpaired) electrons. The highest BCUT2D eigenvalue weighted by Gasteiger charge is 2.09. The Kier molecular flexibility index (Phi) is 12.2. The third-order valence-corrected chi connectivity index (χ3v) is 3.57. The fourth-order valence-electron chi connectivity index (χ4n) is 1.88. The normalized spacial score (nSPS) is 12.1. The Morgan fingerprint density at radius 2 is 2.12 bits per heavy atom. The van der Waals surface area contributed by atoms with Crippen LogP contribution in [0, 0.1) is 0 Å². The standard InChI is InChI=1S/C17H29N5O.HI/c1-5-14(3)21-17(18-6-2)20-13-16(23)22(4)12-10-15-9-7-8-11-19-15;/h7-9,11,14H,5-6,10,12-13H2,1-4H3,(H2,18,20,21);1H. The summed E-state index contributed by atoms with van der Waals surface area (Å²) in [5.41, 5.74) is 0.988. The lowest BCUT2D eigenvalue weighted by molar-refractivity contribution is -0.128. The quantitative estimate of drug-likeness (QED) is 0.364. The predicted octanol–water partition coefficient (Wildman–Crippen LogP) is 2.05. The number of rotatable bonds is 8. The van der Waals surface area contributed by atoms with Crippen molar-refractivity contribution < 1.29 is 4.79 Å². The van der Waals surface area contributed by atoms with Crippen LogP contribution in [0.4, 0.5) is 0 Å². The van der Waals surface area contributed by atoms with E-state index >= 15 is 0 Å². The second-order valence-electron chi connectivity index (χ2n) is 5.54. The van der Waals surface area contributed by atoms with Gasteiger partial charge in [-0.15, -0.1) is 24.0 Å². The number of aliphatic imine (C=N–C) groups is 1. The summed E-state index contributed by atoms with van der Waals surface area (Å²) in [5, 5.41) is 6.44. The minimum Gasteiger partial charge on any atom is -0.357 e. The number of likely N-dealkylation sites (N-methyl/N-ethyl adjacent to an activating group) is 1. The van der Waals surface area contributed by atoms with Gasteiger partial charge in [-0.3, -0.25) is 9.78 Å². The highest BCUT2D eigenvalue weighted by atomic mass is 127. The molecule has 0 aliphatic rings. The maximum Gasteiger partial charge on any atom is 0.244 e. The van der Waals surface area contributed by atoms with Gasteiger partial charge in [-0.05, 0) is 32.4 Å².